The molecular weight excluding hydrogens is 426 g/mol. The molecule has 0 aromatic carbocycles. The van der Waals surface area contributed by atoms with Gasteiger partial charge in [-0.25, -0.2) is 0 Å². The molecule has 3 unspecified atom stereocenters. The van der Waals surface area contributed by atoms with Crippen LogP contribution in [0, 0.1) is 5.41 Å². The van der Waals surface area contributed by atoms with E-state index in [0.29, 0.717) is 23.5 Å². The minimum absolute atomic E-state index is 0.321. The molecule has 0 radical (unpaired) electrons. The van der Waals surface area contributed by atoms with Crippen LogP contribution in [0.1, 0.15) is 117 Å². The van der Waals surface area contributed by atoms with Crippen LogP contribution in [0.4, 0.5) is 0 Å². The summed E-state index contributed by atoms with van der Waals surface area (Å²) in [6, 6.07) is 1.19. The second-order valence-electron chi connectivity index (χ2n) is 13.2. The molecule has 3 saturated carbocycles. The van der Waals surface area contributed by atoms with Crippen LogP contribution < -0.4 is 16.0 Å². The predicted molar refractivity (Wildman–Crippen MR) is 138 cm³/mol. The first-order chi connectivity index (χ1) is 16.1. The quantitative estimate of drug-likeness (QED) is 0.372. The molecule has 198 valence electrons. The Morgan fingerprint density at radius 3 is 1.29 bits per heavy atom. The number of rotatable bonds is 3. The molecule has 0 aromatic heterocycles. The first kappa shape index (κ1) is 26.8. The van der Waals surface area contributed by atoms with E-state index in [9.17, 15) is 15.3 Å². The summed E-state index contributed by atoms with van der Waals surface area (Å²) in [5, 5.41) is 40.6. The van der Waals surface area contributed by atoms with Gasteiger partial charge in [-0.3, -0.25) is 0 Å². The Bertz CT molecular complexity index is 627. The Balaban J connectivity index is 0.000000122. The van der Waals surface area contributed by atoms with E-state index in [1.54, 1.807) is 0 Å². The van der Waals surface area contributed by atoms with Gasteiger partial charge in [-0.1, -0.05) is 52.4 Å². The molecule has 3 saturated heterocycles. The summed E-state index contributed by atoms with van der Waals surface area (Å²) in [6.45, 7) is 7.82. The molecule has 0 spiro atoms. The summed E-state index contributed by atoms with van der Waals surface area (Å²) < 4.78 is 0. The monoisotopic (exact) mass is 479 g/mol. The molecule has 0 amide bonds. The molecule has 3 aliphatic heterocycles. The molecule has 6 heteroatoms. The lowest BCUT2D eigenvalue weighted by Gasteiger charge is -2.39. The van der Waals surface area contributed by atoms with Crippen molar-refractivity contribution in [3.8, 4) is 0 Å². The Morgan fingerprint density at radius 2 is 0.971 bits per heavy atom. The number of aliphatic hydroxyl groups is 3. The fourth-order valence-electron chi connectivity index (χ4n) is 7.37. The minimum atomic E-state index is -0.381. The van der Waals surface area contributed by atoms with Crippen molar-refractivity contribution in [2.24, 2.45) is 5.41 Å². The largest absolute Gasteiger partial charge is 0.388 e. The molecule has 6 nitrogen and oxygen atoms in total. The van der Waals surface area contributed by atoms with Crippen molar-refractivity contribution in [2.75, 3.05) is 19.6 Å². The molecule has 0 aromatic rings. The van der Waals surface area contributed by atoms with Gasteiger partial charge in [0.2, 0.25) is 0 Å². The summed E-state index contributed by atoms with van der Waals surface area (Å²) in [5.74, 6) is 0. The highest BCUT2D eigenvalue weighted by molar-refractivity contribution is 5.02. The van der Waals surface area contributed by atoms with E-state index in [1.165, 1.54) is 57.8 Å². The van der Waals surface area contributed by atoms with Gasteiger partial charge in [0.15, 0.2) is 0 Å². The van der Waals surface area contributed by atoms with E-state index < -0.39 is 0 Å². The van der Waals surface area contributed by atoms with Crippen LogP contribution in [0.15, 0.2) is 0 Å². The van der Waals surface area contributed by atoms with E-state index in [4.69, 9.17) is 0 Å². The van der Waals surface area contributed by atoms with Crippen molar-refractivity contribution in [1.82, 2.24) is 16.0 Å². The van der Waals surface area contributed by atoms with E-state index in [0.717, 1.165) is 64.6 Å². The normalized spacial score (nSPS) is 36.8. The molecule has 0 bridgehead atoms. The van der Waals surface area contributed by atoms with Crippen LogP contribution in [0.2, 0.25) is 0 Å². The van der Waals surface area contributed by atoms with Crippen LogP contribution in [-0.2, 0) is 0 Å². The molecule has 6 N–H and O–H groups in total. The van der Waals surface area contributed by atoms with Gasteiger partial charge in [-0.05, 0) is 82.7 Å². The van der Waals surface area contributed by atoms with Gasteiger partial charge >= 0.3 is 0 Å². The van der Waals surface area contributed by atoms with Gasteiger partial charge in [0.1, 0.15) is 0 Å². The molecule has 3 atom stereocenters. The molecule has 34 heavy (non-hydrogen) atoms. The van der Waals surface area contributed by atoms with E-state index >= 15 is 0 Å². The van der Waals surface area contributed by atoms with Gasteiger partial charge in [-0.15, -0.1) is 0 Å². The first-order valence-corrected chi connectivity index (χ1v) is 14.5. The van der Waals surface area contributed by atoms with Gasteiger partial charge in [0.25, 0.3) is 0 Å². The molecule has 3 aliphatic carbocycles. The second-order valence-corrected chi connectivity index (χ2v) is 13.2. The maximum Gasteiger partial charge on any atom is 0.0800 e. The molecule has 3 heterocycles. The van der Waals surface area contributed by atoms with Gasteiger partial charge < -0.3 is 31.3 Å². The van der Waals surface area contributed by atoms with Gasteiger partial charge in [0, 0.05) is 24.7 Å². The highest BCUT2D eigenvalue weighted by atomic mass is 16.3. The summed E-state index contributed by atoms with van der Waals surface area (Å²) in [5.41, 5.74) is -0.661. The van der Waals surface area contributed by atoms with Crippen molar-refractivity contribution in [1.29, 1.82) is 0 Å². The highest BCUT2D eigenvalue weighted by Gasteiger charge is 2.45. The summed E-state index contributed by atoms with van der Waals surface area (Å²) in [6.07, 6.45) is 18.1. The Labute approximate surface area is 208 Å². The second kappa shape index (κ2) is 11.0. The van der Waals surface area contributed by atoms with Crippen molar-refractivity contribution < 1.29 is 15.3 Å². The van der Waals surface area contributed by atoms with Gasteiger partial charge in [-0.2, -0.15) is 0 Å². The van der Waals surface area contributed by atoms with Gasteiger partial charge in [0.05, 0.1) is 16.8 Å². The zero-order valence-electron chi connectivity index (χ0n) is 22.0. The van der Waals surface area contributed by atoms with E-state index in [2.05, 4.69) is 29.8 Å². The smallest absolute Gasteiger partial charge is 0.0800 e. The number of nitrogens with one attached hydrogen (secondary N) is 3. The number of hydrogen-bond donors (Lipinski definition) is 6. The van der Waals surface area contributed by atoms with Crippen molar-refractivity contribution in [3.63, 3.8) is 0 Å². The molecule has 6 rings (SSSR count). The Kier molecular flexibility index (Phi) is 8.69. The fourth-order valence-corrected chi connectivity index (χ4v) is 7.37. The summed E-state index contributed by atoms with van der Waals surface area (Å²) >= 11 is 0. The van der Waals surface area contributed by atoms with Crippen LogP contribution in [-0.4, -0.2) is 69.9 Å². The van der Waals surface area contributed by atoms with Crippen molar-refractivity contribution in [3.05, 3.63) is 0 Å². The third-order valence-corrected chi connectivity index (χ3v) is 9.82. The zero-order chi connectivity index (χ0) is 24.3. The van der Waals surface area contributed by atoms with Crippen LogP contribution >= 0.6 is 0 Å². The Hall–Kier alpha value is -0.240. The van der Waals surface area contributed by atoms with Crippen molar-refractivity contribution in [2.45, 2.75) is 152 Å². The SMILES string of the molecule is CC1(C)CNC(C2(O)CCCC2)C1.OC1(C2CCCN2)CCCC1.OC1(C2CCN2)CCCC1. The molecular formula is C28H53N3O3. The van der Waals surface area contributed by atoms with Crippen LogP contribution in [0.3, 0.4) is 0 Å². The lowest BCUT2D eigenvalue weighted by atomic mass is 9.83. The fraction of sp³-hybridized carbons (Fsp3) is 1.00. The maximum atomic E-state index is 10.4. The average Bonchev–Trinajstić information content (AvgIpc) is 3.53. The van der Waals surface area contributed by atoms with E-state index in [1.807, 2.05) is 0 Å². The van der Waals surface area contributed by atoms with E-state index in [-0.39, 0.29) is 16.8 Å². The lowest BCUT2D eigenvalue weighted by Crippen LogP contribution is -2.57. The third-order valence-electron chi connectivity index (χ3n) is 9.82. The maximum absolute atomic E-state index is 10.4. The summed E-state index contributed by atoms with van der Waals surface area (Å²) in [4.78, 5) is 0. The average molecular weight is 480 g/mol. The molecule has 6 aliphatic rings. The van der Waals surface area contributed by atoms with Crippen LogP contribution in [0.5, 0.6) is 0 Å². The third kappa shape index (κ3) is 6.36. The lowest BCUT2D eigenvalue weighted by molar-refractivity contribution is -0.0148. The first-order valence-electron chi connectivity index (χ1n) is 14.5. The number of hydrogen-bond acceptors (Lipinski definition) is 6. The Morgan fingerprint density at radius 1 is 0.529 bits per heavy atom. The van der Waals surface area contributed by atoms with Crippen LogP contribution in [0.25, 0.3) is 0 Å². The standard InChI is InChI=1S/C11H21NO.C9H17NO.C8H15NO/c1-10(2)7-9(12-8-10)11(13)5-3-4-6-11;11-9(5-1-2-6-9)8-4-3-7-10-8;10-8(4-1-2-5-8)7-3-6-9-7/h9,12-13H,3-8H2,1-2H3;8,10-11H,1-7H2;7,9-10H,1-6H2. The predicted octanol–water partition coefficient (Wildman–Crippen LogP) is 3.38. The topological polar surface area (TPSA) is 96.8 Å². The zero-order valence-corrected chi connectivity index (χ0v) is 22.0. The minimum Gasteiger partial charge on any atom is -0.388 e. The summed E-state index contributed by atoms with van der Waals surface area (Å²) in [7, 11) is 0. The highest BCUT2D eigenvalue weighted by Crippen LogP contribution is 2.40. The molecule has 6 fully saturated rings. The van der Waals surface area contributed by atoms with Crippen molar-refractivity contribution >= 4 is 0 Å².